The summed E-state index contributed by atoms with van der Waals surface area (Å²) in [5, 5.41) is 11.4. The van der Waals surface area contributed by atoms with Crippen molar-refractivity contribution in [3.8, 4) is 6.07 Å². The van der Waals surface area contributed by atoms with Crippen LogP contribution in [0.1, 0.15) is 32.1 Å². The highest BCUT2D eigenvalue weighted by Crippen LogP contribution is 2.37. The van der Waals surface area contributed by atoms with Crippen LogP contribution >= 0.6 is 0 Å². The number of nitriles is 1. The van der Waals surface area contributed by atoms with Crippen LogP contribution in [0, 0.1) is 34.2 Å². The zero-order valence-electron chi connectivity index (χ0n) is 10.7. The fraction of sp³-hybridized carbons (Fsp3) is 0.429. The molecule has 1 fully saturated rings. The van der Waals surface area contributed by atoms with Crippen molar-refractivity contribution in [3.63, 3.8) is 0 Å². The lowest BCUT2D eigenvalue weighted by molar-refractivity contribution is -0.124. The van der Waals surface area contributed by atoms with Gasteiger partial charge in [-0.15, -0.1) is 0 Å². The van der Waals surface area contributed by atoms with E-state index in [4.69, 9.17) is 0 Å². The van der Waals surface area contributed by atoms with Crippen molar-refractivity contribution < 1.29 is 18.0 Å². The maximum atomic E-state index is 13.5. The van der Waals surface area contributed by atoms with E-state index in [1.54, 1.807) is 0 Å². The van der Waals surface area contributed by atoms with E-state index in [2.05, 4.69) is 5.32 Å². The molecule has 0 spiro atoms. The van der Waals surface area contributed by atoms with E-state index < -0.39 is 34.5 Å². The van der Waals surface area contributed by atoms with Gasteiger partial charge >= 0.3 is 0 Å². The highest BCUT2D eigenvalue weighted by Gasteiger charge is 2.40. The number of carbonyl (C=O) groups is 1. The van der Waals surface area contributed by atoms with Crippen LogP contribution in [0.4, 0.5) is 18.9 Å². The first kappa shape index (κ1) is 14.4. The highest BCUT2D eigenvalue weighted by molar-refractivity contribution is 5.97. The standard InChI is InChI=1S/C14H13F3N2O/c15-9-4-5-10(12(17)11(9)16)19-13(20)14(8-18)6-2-1-3-7-14/h4-5H,1-3,6-7H2,(H,19,20). The Hall–Kier alpha value is -2.03. The number of anilines is 1. The van der Waals surface area contributed by atoms with Gasteiger partial charge in [0.05, 0.1) is 11.8 Å². The molecule has 0 radical (unpaired) electrons. The Labute approximate surface area is 114 Å². The van der Waals surface area contributed by atoms with Gasteiger partial charge in [0.15, 0.2) is 17.5 Å². The van der Waals surface area contributed by atoms with Gasteiger partial charge < -0.3 is 5.32 Å². The molecule has 0 heterocycles. The summed E-state index contributed by atoms with van der Waals surface area (Å²) in [6, 6.07) is 3.65. The van der Waals surface area contributed by atoms with Crippen LogP contribution in [-0.2, 0) is 4.79 Å². The van der Waals surface area contributed by atoms with Crippen LogP contribution in [0.25, 0.3) is 0 Å². The fourth-order valence-electron chi connectivity index (χ4n) is 2.41. The first-order valence-corrected chi connectivity index (χ1v) is 6.36. The van der Waals surface area contributed by atoms with E-state index in [0.717, 1.165) is 31.4 Å². The second-order valence-electron chi connectivity index (χ2n) is 4.93. The van der Waals surface area contributed by atoms with E-state index in [1.165, 1.54) is 0 Å². The van der Waals surface area contributed by atoms with E-state index in [0.29, 0.717) is 12.8 Å². The number of carbonyl (C=O) groups excluding carboxylic acids is 1. The van der Waals surface area contributed by atoms with Gasteiger partial charge in [0, 0.05) is 0 Å². The minimum atomic E-state index is -1.64. The second-order valence-corrected chi connectivity index (χ2v) is 4.93. The van der Waals surface area contributed by atoms with Crippen molar-refractivity contribution in [2.45, 2.75) is 32.1 Å². The van der Waals surface area contributed by atoms with Gasteiger partial charge in [-0.2, -0.15) is 5.26 Å². The van der Waals surface area contributed by atoms with Gasteiger partial charge in [-0.3, -0.25) is 4.79 Å². The fourth-order valence-corrected chi connectivity index (χ4v) is 2.41. The molecule has 1 aliphatic carbocycles. The zero-order chi connectivity index (χ0) is 14.8. The average molecular weight is 282 g/mol. The summed E-state index contributed by atoms with van der Waals surface area (Å²) in [6.45, 7) is 0. The highest BCUT2D eigenvalue weighted by atomic mass is 19.2. The summed E-state index contributed by atoms with van der Waals surface area (Å²) in [7, 11) is 0. The number of nitrogens with one attached hydrogen (secondary N) is 1. The third-order valence-corrected chi connectivity index (χ3v) is 3.64. The van der Waals surface area contributed by atoms with E-state index in [9.17, 15) is 23.2 Å². The van der Waals surface area contributed by atoms with Crippen LogP contribution in [0.5, 0.6) is 0 Å². The topological polar surface area (TPSA) is 52.9 Å². The molecule has 106 valence electrons. The van der Waals surface area contributed by atoms with Crippen molar-refractivity contribution in [3.05, 3.63) is 29.6 Å². The molecule has 0 aliphatic heterocycles. The van der Waals surface area contributed by atoms with E-state index >= 15 is 0 Å². The number of benzene rings is 1. The molecule has 0 unspecified atom stereocenters. The second kappa shape index (κ2) is 5.53. The Bertz CT molecular complexity index is 575. The Morgan fingerprint density at radius 2 is 1.80 bits per heavy atom. The Balaban J connectivity index is 2.24. The lowest BCUT2D eigenvalue weighted by Gasteiger charge is -2.29. The number of hydrogen-bond donors (Lipinski definition) is 1. The molecular weight excluding hydrogens is 269 g/mol. The summed E-state index contributed by atoms with van der Waals surface area (Å²) in [6.07, 6.45) is 3.19. The van der Waals surface area contributed by atoms with Crippen LogP contribution in [0.3, 0.4) is 0 Å². The lowest BCUT2D eigenvalue weighted by Crippen LogP contribution is -2.37. The van der Waals surface area contributed by atoms with Gasteiger partial charge in [0.25, 0.3) is 0 Å². The van der Waals surface area contributed by atoms with Gasteiger partial charge in [-0.1, -0.05) is 19.3 Å². The van der Waals surface area contributed by atoms with Crippen molar-refractivity contribution in [1.29, 1.82) is 5.26 Å². The van der Waals surface area contributed by atoms with Crippen LogP contribution in [0.2, 0.25) is 0 Å². The molecule has 0 saturated heterocycles. The van der Waals surface area contributed by atoms with Crippen molar-refractivity contribution in [2.24, 2.45) is 5.41 Å². The van der Waals surface area contributed by atoms with E-state index in [1.807, 2.05) is 6.07 Å². The zero-order valence-corrected chi connectivity index (χ0v) is 10.7. The average Bonchev–Trinajstić information content (AvgIpc) is 2.48. The quantitative estimate of drug-likeness (QED) is 0.844. The molecule has 1 aromatic carbocycles. The minimum Gasteiger partial charge on any atom is -0.322 e. The summed E-state index contributed by atoms with van der Waals surface area (Å²) in [4.78, 5) is 12.2. The molecule has 1 aliphatic rings. The molecule has 0 bridgehead atoms. The van der Waals surface area contributed by atoms with Crippen molar-refractivity contribution in [1.82, 2.24) is 0 Å². The third kappa shape index (κ3) is 2.48. The molecule has 3 nitrogen and oxygen atoms in total. The lowest BCUT2D eigenvalue weighted by atomic mass is 9.74. The molecule has 1 saturated carbocycles. The van der Waals surface area contributed by atoms with E-state index in [-0.39, 0.29) is 0 Å². The largest absolute Gasteiger partial charge is 0.322 e. The number of halogens is 3. The molecule has 20 heavy (non-hydrogen) atoms. The summed E-state index contributed by atoms with van der Waals surface area (Å²) >= 11 is 0. The van der Waals surface area contributed by atoms with Crippen LogP contribution < -0.4 is 5.32 Å². The molecule has 1 N–H and O–H groups in total. The molecule has 1 amide bonds. The first-order chi connectivity index (χ1) is 9.50. The molecule has 2 rings (SSSR count). The van der Waals surface area contributed by atoms with Crippen molar-refractivity contribution in [2.75, 3.05) is 5.32 Å². The maximum absolute atomic E-state index is 13.5. The number of rotatable bonds is 2. The SMILES string of the molecule is N#CC1(C(=O)Nc2ccc(F)c(F)c2F)CCCCC1. The molecule has 0 atom stereocenters. The number of hydrogen-bond acceptors (Lipinski definition) is 2. The minimum absolute atomic E-state index is 0.390. The Morgan fingerprint density at radius 1 is 1.15 bits per heavy atom. The van der Waals surface area contributed by atoms with Gasteiger partial charge in [0.2, 0.25) is 5.91 Å². The summed E-state index contributed by atoms with van der Waals surface area (Å²) in [5.74, 6) is -5.09. The number of amides is 1. The summed E-state index contributed by atoms with van der Waals surface area (Å²) < 4.78 is 39.4. The van der Waals surface area contributed by atoms with Crippen molar-refractivity contribution >= 4 is 11.6 Å². The molecular formula is C14H13F3N2O. The maximum Gasteiger partial charge on any atom is 0.244 e. The third-order valence-electron chi connectivity index (χ3n) is 3.64. The molecule has 1 aromatic rings. The van der Waals surface area contributed by atoms with Gasteiger partial charge in [0.1, 0.15) is 5.41 Å². The smallest absolute Gasteiger partial charge is 0.244 e. The molecule has 0 aromatic heterocycles. The Morgan fingerprint density at radius 3 is 2.40 bits per heavy atom. The predicted molar refractivity (Wildman–Crippen MR) is 66.1 cm³/mol. The number of nitrogens with zero attached hydrogens (tertiary/aromatic N) is 1. The van der Waals surface area contributed by atoms with Gasteiger partial charge in [-0.25, -0.2) is 13.2 Å². The normalized spacial score (nSPS) is 17.3. The first-order valence-electron chi connectivity index (χ1n) is 6.36. The molecule has 6 heteroatoms. The van der Waals surface area contributed by atoms with Crippen LogP contribution in [-0.4, -0.2) is 5.91 Å². The monoisotopic (exact) mass is 282 g/mol. The predicted octanol–water partition coefficient (Wildman–Crippen LogP) is 3.52. The summed E-state index contributed by atoms with van der Waals surface area (Å²) in [5.41, 5.74) is -1.66. The van der Waals surface area contributed by atoms with Crippen LogP contribution in [0.15, 0.2) is 12.1 Å². The van der Waals surface area contributed by atoms with Gasteiger partial charge in [-0.05, 0) is 25.0 Å². The Kier molecular flexibility index (Phi) is 3.98.